The Kier molecular flexibility index (Phi) is 2.77. The lowest BCUT2D eigenvalue weighted by atomic mass is 9.93. The molecule has 1 aliphatic rings. The normalized spacial score (nSPS) is 15.6. The first-order valence-corrected chi connectivity index (χ1v) is 6.26. The molecule has 1 aliphatic carbocycles. The molecule has 0 spiro atoms. The van der Waals surface area contributed by atoms with Gasteiger partial charge in [0.25, 0.3) is 0 Å². The molecule has 1 aromatic carbocycles. The van der Waals surface area contributed by atoms with Crippen molar-refractivity contribution >= 4 is 17.3 Å². The summed E-state index contributed by atoms with van der Waals surface area (Å²) >= 11 is 6.28. The Bertz CT molecular complexity index is 503. The van der Waals surface area contributed by atoms with Gasteiger partial charge in [-0.15, -0.1) is 0 Å². The number of hydrogen-bond donors (Lipinski definition) is 1. The van der Waals surface area contributed by atoms with Gasteiger partial charge in [-0.25, -0.2) is 4.98 Å². The summed E-state index contributed by atoms with van der Waals surface area (Å²) in [5.41, 5.74) is 2.07. The van der Waals surface area contributed by atoms with Gasteiger partial charge >= 0.3 is 0 Å². The van der Waals surface area contributed by atoms with Crippen LogP contribution < -0.4 is 5.32 Å². The van der Waals surface area contributed by atoms with Crippen molar-refractivity contribution in [2.75, 3.05) is 5.32 Å². The summed E-state index contributed by atoms with van der Waals surface area (Å²) < 4.78 is 1.95. The standard InChI is InChI=1S/C13H14ClN3/c14-11-5-2-6-12(16-10-3-1-4-10)13(11)17-8-7-15-9-17/h2,5-10,16H,1,3-4H2. The van der Waals surface area contributed by atoms with Crippen LogP contribution in [0.4, 0.5) is 5.69 Å². The summed E-state index contributed by atoms with van der Waals surface area (Å²) in [6.45, 7) is 0. The fourth-order valence-electron chi connectivity index (χ4n) is 2.06. The fraction of sp³-hybridized carbons (Fsp3) is 0.308. The minimum Gasteiger partial charge on any atom is -0.381 e. The molecule has 1 fully saturated rings. The van der Waals surface area contributed by atoms with Gasteiger partial charge in [0.1, 0.15) is 0 Å². The Labute approximate surface area is 105 Å². The molecule has 0 bridgehead atoms. The third-order valence-corrected chi connectivity index (χ3v) is 3.52. The van der Waals surface area contributed by atoms with Crippen molar-refractivity contribution in [3.8, 4) is 5.69 Å². The zero-order chi connectivity index (χ0) is 11.7. The van der Waals surface area contributed by atoms with E-state index in [1.54, 1.807) is 12.5 Å². The summed E-state index contributed by atoms with van der Waals surface area (Å²) in [4.78, 5) is 4.07. The Morgan fingerprint density at radius 3 is 2.88 bits per heavy atom. The Morgan fingerprint density at radius 2 is 2.24 bits per heavy atom. The number of aromatic nitrogens is 2. The number of anilines is 1. The number of para-hydroxylation sites is 1. The van der Waals surface area contributed by atoms with Crippen LogP contribution in [0.5, 0.6) is 0 Å². The SMILES string of the molecule is Clc1cccc(NC2CCC2)c1-n1ccnc1. The molecule has 3 nitrogen and oxygen atoms in total. The van der Waals surface area contributed by atoms with Gasteiger partial charge in [-0.05, 0) is 31.4 Å². The molecule has 0 unspecified atom stereocenters. The number of hydrogen-bond acceptors (Lipinski definition) is 2. The second kappa shape index (κ2) is 4.41. The maximum absolute atomic E-state index is 6.28. The van der Waals surface area contributed by atoms with Crippen LogP contribution in [0.3, 0.4) is 0 Å². The van der Waals surface area contributed by atoms with Gasteiger partial charge in [-0.1, -0.05) is 17.7 Å². The lowest BCUT2D eigenvalue weighted by Gasteiger charge is -2.28. The van der Waals surface area contributed by atoms with E-state index in [1.807, 2.05) is 22.9 Å². The largest absolute Gasteiger partial charge is 0.381 e. The van der Waals surface area contributed by atoms with Crippen LogP contribution in [0.1, 0.15) is 19.3 Å². The van der Waals surface area contributed by atoms with E-state index in [4.69, 9.17) is 11.6 Å². The second-order valence-corrected chi connectivity index (χ2v) is 4.79. The predicted molar refractivity (Wildman–Crippen MR) is 69.8 cm³/mol. The molecule has 0 aliphatic heterocycles. The van der Waals surface area contributed by atoms with E-state index in [0.29, 0.717) is 6.04 Å². The molecule has 17 heavy (non-hydrogen) atoms. The summed E-state index contributed by atoms with van der Waals surface area (Å²) in [6, 6.07) is 6.54. The molecule has 3 rings (SSSR count). The average Bonchev–Trinajstić information content (AvgIpc) is 2.76. The molecule has 1 saturated carbocycles. The molecule has 0 atom stereocenters. The van der Waals surface area contributed by atoms with E-state index in [2.05, 4.69) is 16.4 Å². The summed E-state index contributed by atoms with van der Waals surface area (Å²) in [5.74, 6) is 0. The number of imidazole rings is 1. The van der Waals surface area contributed by atoms with Crippen molar-refractivity contribution in [2.24, 2.45) is 0 Å². The molecule has 1 aromatic heterocycles. The van der Waals surface area contributed by atoms with E-state index >= 15 is 0 Å². The first-order chi connectivity index (χ1) is 8.34. The van der Waals surface area contributed by atoms with Crippen LogP contribution in [0.25, 0.3) is 5.69 Å². The number of nitrogens with zero attached hydrogens (tertiary/aromatic N) is 2. The third kappa shape index (κ3) is 2.03. The molecule has 1 heterocycles. The monoisotopic (exact) mass is 247 g/mol. The van der Waals surface area contributed by atoms with Gasteiger partial charge in [-0.2, -0.15) is 0 Å². The van der Waals surface area contributed by atoms with Crippen molar-refractivity contribution in [2.45, 2.75) is 25.3 Å². The first kappa shape index (κ1) is 10.7. The minimum absolute atomic E-state index is 0.593. The van der Waals surface area contributed by atoms with Gasteiger partial charge in [0.05, 0.1) is 22.7 Å². The van der Waals surface area contributed by atoms with Crippen LogP contribution in [0.15, 0.2) is 36.9 Å². The molecule has 0 radical (unpaired) electrons. The predicted octanol–water partition coefficient (Wildman–Crippen LogP) is 3.49. The molecule has 4 heteroatoms. The van der Waals surface area contributed by atoms with Crippen molar-refractivity contribution in [3.05, 3.63) is 41.9 Å². The maximum Gasteiger partial charge on any atom is 0.0992 e. The van der Waals surface area contributed by atoms with E-state index in [0.717, 1.165) is 16.4 Å². The van der Waals surface area contributed by atoms with Gasteiger partial charge < -0.3 is 9.88 Å². The number of halogens is 1. The highest BCUT2D eigenvalue weighted by Gasteiger charge is 2.19. The number of benzene rings is 1. The Morgan fingerprint density at radius 1 is 1.35 bits per heavy atom. The van der Waals surface area contributed by atoms with Crippen molar-refractivity contribution in [1.29, 1.82) is 0 Å². The summed E-state index contributed by atoms with van der Waals surface area (Å²) in [6.07, 6.45) is 9.25. The van der Waals surface area contributed by atoms with Crippen molar-refractivity contribution in [3.63, 3.8) is 0 Å². The first-order valence-electron chi connectivity index (χ1n) is 5.88. The maximum atomic E-state index is 6.28. The van der Waals surface area contributed by atoms with Gasteiger partial charge in [-0.3, -0.25) is 0 Å². The molecular formula is C13H14ClN3. The summed E-state index contributed by atoms with van der Waals surface area (Å²) in [7, 11) is 0. The van der Waals surface area contributed by atoms with Gasteiger partial charge in [0, 0.05) is 18.4 Å². The van der Waals surface area contributed by atoms with Crippen LogP contribution in [-0.2, 0) is 0 Å². The quantitative estimate of drug-likeness (QED) is 0.900. The highest BCUT2D eigenvalue weighted by Crippen LogP contribution is 2.31. The van der Waals surface area contributed by atoms with Crippen LogP contribution in [0, 0.1) is 0 Å². The lowest BCUT2D eigenvalue weighted by Crippen LogP contribution is -2.27. The zero-order valence-corrected chi connectivity index (χ0v) is 10.2. The van der Waals surface area contributed by atoms with Crippen LogP contribution in [-0.4, -0.2) is 15.6 Å². The van der Waals surface area contributed by atoms with E-state index in [1.165, 1.54) is 19.3 Å². The Balaban J connectivity index is 1.99. The highest BCUT2D eigenvalue weighted by molar-refractivity contribution is 6.33. The summed E-state index contributed by atoms with van der Waals surface area (Å²) in [5, 5.41) is 4.29. The molecule has 2 aromatic rings. The van der Waals surface area contributed by atoms with Crippen molar-refractivity contribution < 1.29 is 0 Å². The van der Waals surface area contributed by atoms with E-state index in [9.17, 15) is 0 Å². The van der Waals surface area contributed by atoms with E-state index in [-0.39, 0.29) is 0 Å². The van der Waals surface area contributed by atoms with Crippen LogP contribution >= 0.6 is 11.6 Å². The minimum atomic E-state index is 0.593. The van der Waals surface area contributed by atoms with E-state index < -0.39 is 0 Å². The third-order valence-electron chi connectivity index (χ3n) is 3.21. The molecule has 0 amide bonds. The molecule has 88 valence electrons. The number of rotatable bonds is 3. The number of nitrogens with one attached hydrogen (secondary N) is 1. The molecule has 0 saturated heterocycles. The molecular weight excluding hydrogens is 234 g/mol. The fourth-order valence-corrected chi connectivity index (χ4v) is 2.33. The van der Waals surface area contributed by atoms with Crippen molar-refractivity contribution in [1.82, 2.24) is 9.55 Å². The smallest absolute Gasteiger partial charge is 0.0992 e. The van der Waals surface area contributed by atoms with Gasteiger partial charge in [0.15, 0.2) is 0 Å². The van der Waals surface area contributed by atoms with Crippen LogP contribution in [0.2, 0.25) is 5.02 Å². The highest BCUT2D eigenvalue weighted by atomic mass is 35.5. The van der Waals surface area contributed by atoms with Gasteiger partial charge in [0.2, 0.25) is 0 Å². The second-order valence-electron chi connectivity index (χ2n) is 4.38. The topological polar surface area (TPSA) is 29.9 Å². The molecule has 1 N–H and O–H groups in total. The lowest BCUT2D eigenvalue weighted by molar-refractivity contribution is 0.445. The zero-order valence-electron chi connectivity index (χ0n) is 9.44. The Hall–Kier alpha value is -1.48. The average molecular weight is 248 g/mol.